The van der Waals surface area contributed by atoms with Gasteiger partial charge in [-0.2, -0.15) is 0 Å². The van der Waals surface area contributed by atoms with E-state index in [1.807, 2.05) is 42.6 Å². The van der Waals surface area contributed by atoms with E-state index in [1.165, 1.54) is 5.56 Å². The van der Waals surface area contributed by atoms with Crippen molar-refractivity contribution < 1.29 is 18.9 Å². The molecule has 9 nitrogen and oxygen atoms in total. The molecule has 2 fully saturated rings. The normalized spacial score (nSPS) is 19.4. The van der Waals surface area contributed by atoms with Gasteiger partial charge in [0.1, 0.15) is 30.3 Å². The SMILES string of the molecule is c1cncc(OC2CCN(Cc3ccc([C@H]4COc5ccc(Cc6ccc(OC7CCNCC7)cn6)nc5O4)cc3)CC2)c1. The minimum absolute atomic E-state index is 0.204. The van der Waals surface area contributed by atoms with Gasteiger partial charge in [0, 0.05) is 37.9 Å². The van der Waals surface area contributed by atoms with Gasteiger partial charge in [0.2, 0.25) is 0 Å². The van der Waals surface area contributed by atoms with Gasteiger partial charge in [0.25, 0.3) is 5.88 Å². The van der Waals surface area contributed by atoms with Crippen LogP contribution in [0.3, 0.4) is 0 Å². The Morgan fingerprint density at radius 3 is 2.34 bits per heavy atom. The summed E-state index contributed by atoms with van der Waals surface area (Å²) in [4.78, 5) is 16.0. The summed E-state index contributed by atoms with van der Waals surface area (Å²) >= 11 is 0. The summed E-state index contributed by atoms with van der Waals surface area (Å²) in [5.74, 6) is 2.88. The maximum absolute atomic E-state index is 6.34. The van der Waals surface area contributed by atoms with Gasteiger partial charge in [-0.05, 0) is 86.3 Å². The second-order valence-electron chi connectivity index (χ2n) is 11.8. The second kappa shape index (κ2) is 13.6. The highest BCUT2D eigenvalue weighted by Gasteiger charge is 2.25. The zero-order valence-corrected chi connectivity index (χ0v) is 24.9. The van der Waals surface area contributed by atoms with Gasteiger partial charge in [-0.1, -0.05) is 24.3 Å². The fourth-order valence-corrected chi connectivity index (χ4v) is 6.02. The highest BCUT2D eigenvalue weighted by molar-refractivity contribution is 5.38. The van der Waals surface area contributed by atoms with Crippen molar-refractivity contribution >= 4 is 0 Å². The zero-order chi connectivity index (χ0) is 29.6. The molecule has 4 aromatic rings. The van der Waals surface area contributed by atoms with Crippen LogP contribution in [0.2, 0.25) is 0 Å². The van der Waals surface area contributed by atoms with Crippen molar-refractivity contribution in [3.63, 3.8) is 0 Å². The van der Waals surface area contributed by atoms with Crippen LogP contribution in [0, 0.1) is 0 Å². The standard InChI is InChI=1S/C35H39N5O4/c1-2-31(21-37-15-1)43-30-13-18-40(19-14-30)23-25-3-5-26(6-4-25)34-24-41-33-10-8-28(39-35(33)44-34)20-27-7-9-32(22-38-27)42-29-11-16-36-17-12-29/h1-10,15,21-22,29-30,34,36H,11-14,16-20,23-24H2/t34-/m1/s1. The van der Waals surface area contributed by atoms with E-state index >= 15 is 0 Å². The minimum Gasteiger partial charge on any atom is -0.489 e. The summed E-state index contributed by atoms with van der Waals surface area (Å²) in [6, 6.07) is 20.5. The molecule has 3 aliphatic heterocycles. The Hall–Kier alpha value is -4.21. The first-order valence-electron chi connectivity index (χ1n) is 15.7. The Balaban J connectivity index is 0.907. The molecule has 3 aliphatic rings. The van der Waals surface area contributed by atoms with Crippen LogP contribution in [0.5, 0.6) is 23.1 Å². The van der Waals surface area contributed by atoms with Crippen molar-refractivity contribution in [3.05, 3.63) is 102 Å². The van der Waals surface area contributed by atoms with E-state index in [1.54, 1.807) is 12.4 Å². The van der Waals surface area contributed by atoms with Crippen molar-refractivity contribution in [1.29, 1.82) is 0 Å². The third kappa shape index (κ3) is 7.29. The van der Waals surface area contributed by atoms with Gasteiger partial charge in [-0.15, -0.1) is 0 Å². The molecule has 0 bridgehead atoms. The van der Waals surface area contributed by atoms with Crippen molar-refractivity contribution in [2.75, 3.05) is 32.8 Å². The lowest BCUT2D eigenvalue weighted by molar-refractivity contribution is 0.0847. The quantitative estimate of drug-likeness (QED) is 0.283. The summed E-state index contributed by atoms with van der Waals surface area (Å²) in [5.41, 5.74) is 4.19. The van der Waals surface area contributed by atoms with E-state index < -0.39 is 0 Å². The highest BCUT2D eigenvalue weighted by atomic mass is 16.6. The maximum atomic E-state index is 6.34. The predicted octanol–water partition coefficient (Wildman–Crippen LogP) is 5.15. The van der Waals surface area contributed by atoms with Crippen LogP contribution in [-0.4, -0.2) is 64.8 Å². The number of likely N-dealkylation sites (tertiary alicyclic amines) is 1. The van der Waals surface area contributed by atoms with Crippen LogP contribution in [0.25, 0.3) is 0 Å². The topological polar surface area (TPSA) is 90.9 Å². The average Bonchev–Trinajstić information content (AvgIpc) is 3.08. The molecule has 6 heterocycles. The van der Waals surface area contributed by atoms with Gasteiger partial charge >= 0.3 is 0 Å². The van der Waals surface area contributed by atoms with Crippen molar-refractivity contribution in [1.82, 2.24) is 25.2 Å². The predicted molar refractivity (Wildman–Crippen MR) is 166 cm³/mol. The van der Waals surface area contributed by atoms with E-state index in [2.05, 4.69) is 44.5 Å². The van der Waals surface area contributed by atoms with Crippen LogP contribution in [0.4, 0.5) is 0 Å². The lowest BCUT2D eigenvalue weighted by Crippen LogP contribution is -2.37. The van der Waals surface area contributed by atoms with Gasteiger partial charge < -0.3 is 24.3 Å². The molecule has 1 atom stereocenters. The molecule has 9 heteroatoms. The number of rotatable bonds is 9. The molecule has 1 N–H and O–H groups in total. The zero-order valence-electron chi connectivity index (χ0n) is 24.9. The Morgan fingerprint density at radius 1 is 0.818 bits per heavy atom. The Morgan fingerprint density at radius 2 is 1.59 bits per heavy atom. The largest absolute Gasteiger partial charge is 0.489 e. The van der Waals surface area contributed by atoms with E-state index in [0.29, 0.717) is 24.7 Å². The minimum atomic E-state index is -0.204. The molecule has 7 rings (SSSR count). The van der Waals surface area contributed by atoms with Crippen LogP contribution in [0.1, 0.15) is 54.3 Å². The first-order valence-corrected chi connectivity index (χ1v) is 15.7. The monoisotopic (exact) mass is 593 g/mol. The van der Waals surface area contributed by atoms with Gasteiger partial charge in [-0.25, -0.2) is 4.98 Å². The third-order valence-corrected chi connectivity index (χ3v) is 8.51. The summed E-state index contributed by atoms with van der Waals surface area (Å²) in [6.45, 7) is 5.42. The summed E-state index contributed by atoms with van der Waals surface area (Å²) in [5, 5.41) is 3.36. The third-order valence-electron chi connectivity index (χ3n) is 8.51. The van der Waals surface area contributed by atoms with Gasteiger partial charge in [-0.3, -0.25) is 14.9 Å². The number of hydrogen-bond donors (Lipinski definition) is 1. The molecule has 3 aromatic heterocycles. The van der Waals surface area contributed by atoms with Crippen LogP contribution < -0.4 is 24.3 Å². The van der Waals surface area contributed by atoms with Crippen molar-refractivity contribution in [3.8, 4) is 23.1 Å². The van der Waals surface area contributed by atoms with Crippen molar-refractivity contribution in [2.45, 2.75) is 57.0 Å². The molecule has 2 saturated heterocycles. The second-order valence-corrected chi connectivity index (χ2v) is 11.8. The number of hydrogen-bond acceptors (Lipinski definition) is 9. The molecule has 0 amide bonds. The van der Waals surface area contributed by atoms with Gasteiger partial charge in [0.05, 0.1) is 18.1 Å². The summed E-state index contributed by atoms with van der Waals surface area (Å²) in [7, 11) is 0. The number of piperidine rings is 2. The van der Waals surface area contributed by atoms with Crippen LogP contribution >= 0.6 is 0 Å². The maximum Gasteiger partial charge on any atom is 0.258 e. The van der Waals surface area contributed by atoms with Crippen LogP contribution in [-0.2, 0) is 13.0 Å². The van der Waals surface area contributed by atoms with E-state index in [4.69, 9.17) is 23.9 Å². The lowest BCUT2D eigenvalue weighted by atomic mass is 10.0. The smallest absolute Gasteiger partial charge is 0.258 e. The number of fused-ring (bicyclic) bond motifs is 1. The Kier molecular flexibility index (Phi) is 8.83. The fourth-order valence-electron chi connectivity index (χ4n) is 6.02. The molecule has 0 radical (unpaired) electrons. The number of pyridine rings is 3. The molecule has 1 aromatic carbocycles. The number of nitrogens with one attached hydrogen (secondary N) is 1. The number of nitrogens with zero attached hydrogens (tertiary/aromatic N) is 4. The number of ether oxygens (including phenoxy) is 4. The molecule has 44 heavy (non-hydrogen) atoms. The number of aromatic nitrogens is 3. The molecule has 228 valence electrons. The summed E-state index contributed by atoms with van der Waals surface area (Å²) in [6.07, 6.45) is 10.4. The lowest BCUT2D eigenvalue weighted by Gasteiger charge is -2.32. The highest BCUT2D eigenvalue weighted by Crippen LogP contribution is 2.35. The molecule has 0 aliphatic carbocycles. The molecular weight excluding hydrogens is 554 g/mol. The van der Waals surface area contributed by atoms with Crippen molar-refractivity contribution in [2.24, 2.45) is 0 Å². The fraction of sp³-hybridized carbons (Fsp3) is 0.400. The van der Waals surface area contributed by atoms with Gasteiger partial charge in [0.15, 0.2) is 11.9 Å². The van der Waals surface area contributed by atoms with Crippen LogP contribution in [0.15, 0.2) is 79.3 Å². The molecule has 0 saturated carbocycles. The molecule has 0 spiro atoms. The van der Waals surface area contributed by atoms with E-state index in [-0.39, 0.29) is 18.3 Å². The summed E-state index contributed by atoms with van der Waals surface area (Å²) < 4.78 is 24.6. The van der Waals surface area contributed by atoms with E-state index in [9.17, 15) is 0 Å². The number of benzene rings is 1. The Bertz CT molecular complexity index is 1490. The molecular formula is C35H39N5O4. The first kappa shape index (κ1) is 28.6. The molecule has 0 unspecified atom stereocenters. The first-order chi connectivity index (χ1) is 21.7. The Labute approximate surface area is 258 Å². The average molecular weight is 594 g/mol. The van der Waals surface area contributed by atoms with E-state index in [0.717, 1.165) is 86.9 Å².